The largest absolute Gasteiger partial charge is 0.573 e. The molecular weight excluding hydrogens is 364 g/mol. The van der Waals surface area contributed by atoms with Crippen LogP contribution in [-0.2, 0) is 0 Å². The van der Waals surface area contributed by atoms with Crippen LogP contribution < -0.4 is 4.74 Å². The molecule has 0 spiro atoms. The van der Waals surface area contributed by atoms with E-state index in [2.05, 4.69) is 9.72 Å². The fourth-order valence-electron chi connectivity index (χ4n) is 1.04. The molecular formula is C8H3F5INO2. The van der Waals surface area contributed by atoms with Crippen molar-refractivity contribution in [2.45, 2.75) is 12.8 Å². The summed E-state index contributed by atoms with van der Waals surface area (Å²) in [5.74, 6) is -1.17. The Bertz CT molecular complexity index is 435. The summed E-state index contributed by atoms with van der Waals surface area (Å²) in [5, 5.41) is 0. The summed E-state index contributed by atoms with van der Waals surface area (Å²) in [7, 11) is 0. The van der Waals surface area contributed by atoms with E-state index in [4.69, 9.17) is 0 Å². The Hall–Kier alpha value is -1.00. The van der Waals surface area contributed by atoms with Crippen molar-refractivity contribution in [2.75, 3.05) is 0 Å². The van der Waals surface area contributed by atoms with E-state index in [1.165, 1.54) is 22.6 Å². The summed E-state index contributed by atoms with van der Waals surface area (Å²) in [5.41, 5.74) is -1.72. The Balaban J connectivity index is 3.35. The molecule has 0 N–H and O–H groups in total. The molecule has 17 heavy (non-hydrogen) atoms. The first-order chi connectivity index (χ1) is 7.76. The van der Waals surface area contributed by atoms with Crippen molar-refractivity contribution >= 4 is 28.9 Å². The summed E-state index contributed by atoms with van der Waals surface area (Å²) in [4.78, 5) is 13.9. The molecule has 0 bridgehead atoms. The molecule has 0 atom stereocenters. The topological polar surface area (TPSA) is 39.2 Å². The van der Waals surface area contributed by atoms with E-state index in [0.717, 1.165) is 0 Å². The second-order valence-electron chi connectivity index (χ2n) is 2.71. The van der Waals surface area contributed by atoms with Crippen molar-refractivity contribution in [3.63, 3.8) is 0 Å². The summed E-state index contributed by atoms with van der Waals surface area (Å²) in [6.45, 7) is 0. The van der Waals surface area contributed by atoms with Gasteiger partial charge in [0.05, 0.1) is 17.3 Å². The molecule has 0 fully saturated rings. The lowest BCUT2D eigenvalue weighted by Crippen LogP contribution is -2.19. The molecule has 0 radical (unpaired) electrons. The minimum atomic E-state index is -5.13. The van der Waals surface area contributed by atoms with Crippen LogP contribution in [0.4, 0.5) is 22.0 Å². The highest BCUT2D eigenvalue weighted by atomic mass is 127. The molecule has 0 unspecified atom stereocenters. The van der Waals surface area contributed by atoms with Crippen molar-refractivity contribution < 1.29 is 31.5 Å². The number of rotatable bonds is 3. The van der Waals surface area contributed by atoms with Crippen LogP contribution >= 0.6 is 22.6 Å². The number of aldehydes is 1. The lowest BCUT2D eigenvalue weighted by molar-refractivity contribution is -0.275. The van der Waals surface area contributed by atoms with E-state index in [1.807, 2.05) is 0 Å². The third kappa shape index (κ3) is 3.48. The molecule has 0 aliphatic carbocycles. The second-order valence-corrected chi connectivity index (χ2v) is 3.73. The number of hydrogen-bond acceptors (Lipinski definition) is 3. The summed E-state index contributed by atoms with van der Waals surface area (Å²) in [6.07, 6.45) is -7.88. The molecule has 3 nitrogen and oxygen atoms in total. The van der Waals surface area contributed by atoms with Gasteiger partial charge in [-0.2, -0.15) is 0 Å². The van der Waals surface area contributed by atoms with Gasteiger partial charge in [-0.25, -0.2) is 13.8 Å². The average Bonchev–Trinajstić information content (AvgIpc) is 2.17. The van der Waals surface area contributed by atoms with Crippen LogP contribution in [0.3, 0.4) is 0 Å². The van der Waals surface area contributed by atoms with Crippen LogP contribution in [-0.4, -0.2) is 17.6 Å². The number of carbonyl (C=O) groups excluding carboxylic acids is 1. The zero-order chi connectivity index (χ0) is 13.2. The predicted molar refractivity (Wildman–Crippen MR) is 54.0 cm³/mol. The molecule has 0 aliphatic rings. The monoisotopic (exact) mass is 367 g/mol. The van der Waals surface area contributed by atoms with Crippen molar-refractivity contribution in [1.29, 1.82) is 0 Å². The van der Waals surface area contributed by atoms with Crippen LogP contribution in [0.5, 0.6) is 5.75 Å². The first-order valence-corrected chi connectivity index (χ1v) is 5.01. The zero-order valence-corrected chi connectivity index (χ0v) is 9.92. The second kappa shape index (κ2) is 5.10. The molecule has 1 aromatic rings. The van der Waals surface area contributed by atoms with E-state index in [0.29, 0.717) is 6.20 Å². The van der Waals surface area contributed by atoms with E-state index in [9.17, 15) is 26.7 Å². The van der Waals surface area contributed by atoms with Gasteiger partial charge < -0.3 is 4.74 Å². The quantitative estimate of drug-likeness (QED) is 0.356. The third-order valence-corrected chi connectivity index (χ3v) is 2.49. The van der Waals surface area contributed by atoms with Gasteiger partial charge in [-0.3, -0.25) is 4.79 Å². The summed E-state index contributed by atoms with van der Waals surface area (Å²) >= 11 is 1.46. The maximum Gasteiger partial charge on any atom is 0.573 e. The smallest absolute Gasteiger partial charge is 0.404 e. The number of pyridine rings is 1. The molecule has 1 rings (SSSR count). The minimum absolute atomic E-state index is 0.0134. The van der Waals surface area contributed by atoms with E-state index >= 15 is 0 Å². The highest BCUT2D eigenvalue weighted by Crippen LogP contribution is 2.35. The van der Waals surface area contributed by atoms with Gasteiger partial charge in [-0.15, -0.1) is 13.2 Å². The molecule has 0 saturated heterocycles. The van der Waals surface area contributed by atoms with Crippen LogP contribution in [0.15, 0.2) is 6.20 Å². The number of aromatic nitrogens is 1. The summed E-state index contributed by atoms with van der Waals surface area (Å²) < 4.78 is 64.3. The molecule has 9 heteroatoms. The minimum Gasteiger partial charge on any atom is -0.404 e. The van der Waals surface area contributed by atoms with Crippen LogP contribution in [0.1, 0.15) is 22.3 Å². The maximum atomic E-state index is 12.6. The van der Waals surface area contributed by atoms with Gasteiger partial charge in [0.1, 0.15) is 3.70 Å². The third-order valence-electron chi connectivity index (χ3n) is 1.63. The number of hydrogen-bond donors (Lipinski definition) is 0. The van der Waals surface area contributed by atoms with E-state index in [1.54, 1.807) is 0 Å². The van der Waals surface area contributed by atoms with E-state index in [-0.39, 0.29) is 9.99 Å². The number of nitrogens with zero attached hydrogens (tertiary/aromatic N) is 1. The highest BCUT2D eigenvalue weighted by molar-refractivity contribution is 14.1. The Morgan fingerprint density at radius 3 is 2.41 bits per heavy atom. The fourth-order valence-corrected chi connectivity index (χ4v) is 1.60. The van der Waals surface area contributed by atoms with E-state index < -0.39 is 29.7 Å². The maximum absolute atomic E-state index is 12.6. The van der Waals surface area contributed by atoms with Gasteiger partial charge in [-0.1, -0.05) is 0 Å². The van der Waals surface area contributed by atoms with Crippen LogP contribution in [0.2, 0.25) is 0 Å². The molecule has 0 aromatic carbocycles. The Morgan fingerprint density at radius 1 is 1.41 bits per heavy atom. The number of carbonyl (C=O) groups is 1. The molecule has 0 aliphatic heterocycles. The number of alkyl halides is 5. The molecule has 0 saturated carbocycles. The van der Waals surface area contributed by atoms with Gasteiger partial charge in [0.15, 0.2) is 12.0 Å². The van der Waals surface area contributed by atoms with Gasteiger partial charge in [-0.05, 0) is 22.6 Å². The van der Waals surface area contributed by atoms with Gasteiger partial charge >= 0.3 is 6.36 Å². The average molecular weight is 367 g/mol. The van der Waals surface area contributed by atoms with Crippen molar-refractivity contribution in [2.24, 2.45) is 0 Å². The van der Waals surface area contributed by atoms with Crippen molar-refractivity contribution in [3.05, 3.63) is 21.0 Å². The highest BCUT2D eigenvalue weighted by Gasteiger charge is 2.34. The molecule has 1 aromatic heterocycles. The zero-order valence-electron chi connectivity index (χ0n) is 7.76. The van der Waals surface area contributed by atoms with Crippen LogP contribution in [0.25, 0.3) is 0 Å². The van der Waals surface area contributed by atoms with Crippen molar-refractivity contribution in [3.8, 4) is 5.75 Å². The standard InChI is InChI=1S/C8H3F5INO2/c9-6(10)5-3(2-16)7(14)15-1-4(5)17-8(11,12)13/h1-2,6H. The Morgan fingerprint density at radius 2 is 2.00 bits per heavy atom. The van der Waals surface area contributed by atoms with Gasteiger partial charge in [0.25, 0.3) is 6.43 Å². The Kier molecular flexibility index (Phi) is 4.22. The first kappa shape index (κ1) is 14.1. The van der Waals surface area contributed by atoms with Gasteiger partial charge in [0, 0.05) is 0 Å². The van der Waals surface area contributed by atoms with Crippen LogP contribution in [0, 0.1) is 3.70 Å². The lowest BCUT2D eigenvalue weighted by Gasteiger charge is -2.14. The van der Waals surface area contributed by atoms with Crippen molar-refractivity contribution in [1.82, 2.24) is 4.98 Å². The SMILES string of the molecule is O=Cc1c(I)ncc(OC(F)(F)F)c1C(F)F. The molecule has 94 valence electrons. The Labute approximate surface area is 105 Å². The number of ether oxygens (including phenoxy) is 1. The predicted octanol–water partition coefficient (Wildman–Crippen LogP) is 3.33. The summed E-state index contributed by atoms with van der Waals surface area (Å²) in [6, 6.07) is 0. The first-order valence-electron chi connectivity index (χ1n) is 3.93. The fraction of sp³-hybridized carbons (Fsp3) is 0.250. The normalized spacial score (nSPS) is 11.7. The lowest BCUT2D eigenvalue weighted by atomic mass is 10.1. The molecule has 0 amide bonds. The number of halogens is 6. The van der Waals surface area contributed by atoms with Gasteiger partial charge in [0.2, 0.25) is 0 Å². The molecule has 1 heterocycles.